The van der Waals surface area contributed by atoms with Crippen molar-refractivity contribution >= 4 is 5.91 Å². The minimum absolute atomic E-state index is 0.0945. The van der Waals surface area contributed by atoms with Gasteiger partial charge >= 0.3 is 0 Å². The SMILES string of the molecule is C#CCCCCC(=O)NC. The highest BCUT2D eigenvalue weighted by Crippen LogP contribution is 1.97. The fourth-order valence-corrected chi connectivity index (χ4v) is 0.638. The van der Waals surface area contributed by atoms with Crippen molar-refractivity contribution in [2.75, 3.05) is 7.05 Å². The maximum absolute atomic E-state index is 10.6. The van der Waals surface area contributed by atoms with E-state index in [1.807, 2.05) is 0 Å². The van der Waals surface area contributed by atoms with E-state index in [1.54, 1.807) is 7.05 Å². The van der Waals surface area contributed by atoms with E-state index in [0.717, 1.165) is 19.3 Å². The van der Waals surface area contributed by atoms with Gasteiger partial charge in [-0.05, 0) is 12.8 Å². The lowest BCUT2D eigenvalue weighted by molar-refractivity contribution is -0.120. The topological polar surface area (TPSA) is 29.1 Å². The van der Waals surface area contributed by atoms with Gasteiger partial charge in [0.2, 0.25) is 5.91 Å². The average Bonchev–Trinajstić information content (AvgIpc) is 1.98. The number of terminal acetylenes is 1. The summed E-state index contributed by atoms with van der Waals surface area (Å²) in [7, 11) is 1.64. The van der Waals surface area contributed by atoms with Gasteiger partial charge in [0, 0.05) is 19.9 Å². The third-order valence-electron chi connectivity index (χ3n) is 1.25. The number of hydrogen-bond acceptors (Lipinski definition) is 1. The molecule has 0 aromatic rings. The number of hydrogen-bond donors (Lipinski definition) is 1. The molecule has 56 valence electrons. The van der Waals surface area contributed by atoms with Gasteiger partial charge in [0.15, 0.2) is 0 Å². The first-order valence-corrected chi connectivity index (χ1v) is 3.45. The molecule has 0 aromatic heterocycles. The molecule has 0 fully saturated rings. The van der Waals surface area contributed by atoms with Crippen LogP contribution in [0.25, 0.3) is 0 Å². The maximum Gasteiger partial charge on any atom is 0.219 e. The molecule has 0 aliphatic heterocycles. The monoisotopic (exact) mass is 139 g/mol. The summed E-state index contributed by atoms with van der Waals surface area (Å²) in [6, 6.07) is 0. The molecule has 0 aliphatic carbocycles. The quantitative estimate of drug-likeness (QED) is 0.455. The molecule has 0 rings (SSSR count). The molecule has 0 saturated carbocycles. The molecule has 0 unspecified atom stereocenters. The number of carbonyl (C=O) groups is 1. The lowest BCUT2D eigenvalue weighted by Gasteiger charge is -1.95. The molecule has 0 aromatic carbocycles. The number of amides is 1. The Morgan fingerprint density at radius 3 is 2.80 bits per heavy atom. The molecule has 10 heavy (non-hydrogen) atoms. The molecule has 0 bridgehead atoms. The van der Waals surface area contributed by atoms with E-state index in [4.69, 9.17) is 6.42 Å². The summed E-state index contributed by atoms with van der Waals surface area (Å²) in [4.78, 5) is 10.6. The van der Waals surface area contributed by atoms with E-state index in [2.05, 4.69) is 11.2 Å². The van der Waals surface area contributed by atoms with Gasteiger partial charge in [-0.15, -0.1) is 12.3 Å². The normalized spacial score (nSPS) is 8.40. The lowest BCUT2D eigenvalue weighted by Crippen LogP contribution is -2.16. The summed E-state index contributed by atoms with van der Waals surface area (Å²) < 4.78 is 0. The number of carbonyl (C=O) groups excluding carboxylic acids is 1. The van der Waals surface area contributed by atoms with Crippen molar-refractivity contribution in [2.24, 2.45) is 0 Å². The second-order valence-corrected chi connectivity index (χ2v) is 2.08. The van der Waals surface area contributed by atoms with Gasteiger partial charge < -0.3 is 5.32 Å². The van der Waals surface area contributed by atoms with Crippen molar-refractivity contribution in [3.05, 3.63) is 0 Å². The molecule has 0 aliphatic rings. The van der Waals surface area contributed by atoms with Gasteiger partial charge in [0.05, 0.1) is 0 Å². The minimum atomic E-state index is 0.0945. The molecule has 0 radical (unpaired) electrons. The zero-order chi connectivity index (χ0) is 7.82. The summed E-state index contributed by atoms with van der Waals surface area (Å²) in [5.41, 5.74) is 0. The van der Waals surface area contributed by atoms with Crippen LogP contribution in [0.1, 0.15) is 25.7 Å². The first-order valence-electron chi connectivity index (χ1n) is 3.45. The molecule has 1 amide bonds. The van der Waals surface area contributed by atoms with Crippen LogP contribution in [0.3, 0.4) is 0 Å². The lowest BCUT2D eigenvalue weighted by atomic mass is 10.2. The predicted octanol–water partition coefficient (Wildman–Crippen LogP) is 0.926. The Labute approximate surface area is 62.0 Å². The molecule has 2 nitrogen and oxygen atoms in total. The van der Waals surface area contributed by atoms with Crippen LogP contribution in [-0.2, 0) is 4.79 Å². The molecule has 1 N–H and O–H groups in total. The number of nitrogens with one attached hydrogen (secondary N) is 1. The van der Waals surface area contributed by atoms with Crippen molar-refractivity contribution in [1.82, 2.24) is 5.32 Å². The van der Waals surface area contributed by atoms with Gasteiger partial charge in [0.1, 0.15) is 0 Å². The van der Waals surface area contributed by atoms with Crippen LogP contribution >= 0.6 is 0 Å². The second kappa shape index (κ2) is 6.15. The summed E-state index contributed by atoms with van der Waals surface area (Å²) >= 11 is 0. The Morgan fingerprint density at radius 1 is 1.60 bits per heavy atom. The third-order valence-corrected chi connectivity index (χ3v) is 1.25. The smallest absolute Gasteiger partial charge is 0.219 e. The first-order chi connectivity index (χ1) is 4.81. The van der Waals surface area contributed by atoms with Gasteiger partial charge in [-0.1, -0.05) is 0 Å². The van der Waals surface area contributed by atoms with Gasteiger partial charge in [-0.2, -0.15) is 0 Å². The fraction of sp³-hybridized carbons (Fsp3) is 0.625. The van der Waals surface area contributed by atoms with E-state index in [9.17, 15) is 4.79 Å². The van der Waals surface area contributed by atoms with Crippen molar-refractivity contribution in [2.45, 2.75) is 25.7 Å². The van der Waals surface area contributed by atoms with Crippen LogP contribution in [0.2, 0.25) is 0 Å². The Balaban J connectivity index is 3.05. The molecule has 0 heterocycles. The standard InChI is InChI=1S/C8H13NO/c1-3-4-5-6-7-8(10)9-2/h1H,4-7H2,2H3,(H,9,10). The van der Waals surface area contributed by atoms with E-state index in [-0.39, 0.29) is 5.91 Å². The van der Waals surface area contributed by atoms with Crippen molar-refractivity contribution < 1.29 is 4.79 Å². The van der Waals surface area contributed by atoms with Crippen LogP contribution in [-0.4, -0.2) is 13.0 Å². The Kier molecular flexibility index (Phi) is 5.56. The average molecular weight is 139 g/mol. The Hall–Kier alpha value is -0.970. The van der Waals surface area contributed by atoms with Gasteiger partial charge in [-0.3, -0.25) is 4.79 Å². The fourth-order valence-electron chi connectivity index (χ4n) is 0.638. The van der Waals surface area contributed by atoms with Crippen molar-refractivity contribution in [3.63, 3.8) is 0 Å². The third kappa shape index (κ3) is 5.17. The van der Waals surface area contributed by atoms with Crippen molar-refractivity contribution in [3.8, 4) is 12.3 Å². The largest absolute Gasteiger partial charge is 0.359 e. The van der Waals surface area contributed by atoms with Crippen LogP contribution in [0.15, 0.2) is 0 Å². The van der Waals surface area contributed by atoms with E-state index in [0.29, 0.717) is 6.42 Å². The second-order valence-electron chi connectivity index (χ2n) is 2.08. The van der Waals surface area contributed by atoms with Crippen LogP contribution < -0.4 is 5.32 Å². The molecular weight excluding hydrogens is 126 g/mol. The summed E-state index contributed by atoms with van der Waals surface area (Å²) in [5, 5.41) is 2.55. The van der Waals surface area contributed by atoms with Crippen LogP contribution in [0, 0.1) is 12.3 Å². The number of rotatable bonds is 4. The molecule has 2 heteroatoms. The van der Waals surface area contributed by atoms with Crippen LogP contribution in [0.5, 0.6) is 0 Å². The van der Waals surface area contributed by atoms with Crippen molar-refractivity contribution in [1.29, 1.82) is 0 Å². The molecule has 0 spiro atoms. The van der Waals surface area contributed by atoms with Crippen LogP contribution in [0.4, 0.5) is 0 Å². The summed E-state index contributed by atoms with van der Waals surface area (Å²) in [5.74, 6) is 2.62. The highest BCUT2D eigenvalue weighted by molar-refractivity contribution is 5.75. The maximum atomic E-state index is 10.6. The van der Waals surface area contributed by atoms with E-state index in [1.165, 1.54) is 0 Å². The first kappa shape index (κ1) is 9.03. The van der Waals surface area contributed by atoms with E-state index < -0.39 is 0 Å². The zero-order valence-corrected chi connectivity index (χ0v) is 6.31. The highest BCUT2D eigenvalue weighted by Gasteiger charge is 1.94. The van der Waals surface area contributed by atoms with Gasteiger partial charge in [-0.25, -0.2) is 0 Å². The Morgan fingerprint density at radius 2 is 2.30 bits per heavy atom. The molecule has 0 atom stereocenters. The molecular formula is C8H13NO. The number of unbranched alkanes of at least 4 members (excludes halogenated alkanes) is 2. The summed E-state index contributed by atoms with van der Waals surface area (Å²) in [6.07, 6.45) is 8.24. The molecule has 0 saturated heterocycles. The van der Waals surface area contributed by atoms with E-state index >= 15 is 0 Å². The predicted molar refractivity (Wildman–Crippen MR) is 41.4 cm³/mol. The Bertz CT molecular complexity index is 135. The van der Waals surface area contributed by atoms with Gasteiger partial charge in [0.25, 0.3) is 0 Å². The zero-order valence-electron chi connectivity index (χ0n) is 6.31. The summed E-state index contributed by atoms with van der Waals surface area (Å²) in [6.45, 7) is 0. The minimum Gasteiger partial charge on any atom is -0.359 e. The highest BCUT2D eigenvalue weighted by atomic mass is 16.1.